The van der Waals surface area contributed by atoms with E-state index in [0.29, 0.717) is 12.3 Å². The van der Waals surface area contributed by atoms with Gasteiger partial charge in [-0.3, -0.25) is 0 Å². The molecule has 0 fully saturated rings. The summed E-state index contributed by atoms with van der Waals surface area (Å²) in [4.78, 5) is 3.66. The van der Waals surface area contributed by atoms with Crippen LogP contribution in [0.15, 0.2) is 10.4 Å². The van der Waals surface area contributed by atoms with Gasteiger partial charge in [0.05, 0.1) is 12.3 Å². The van der Waals surface area contributed by atoms with Gasteiger partial charge in [-0.25, -0.2) is 18.1 Å². The Morgan fingerprint density at radius 2 is 2.24 bits per heavy atom. The number of hydrogen-bond acceptors (Lipinski definition) is 5. The molecule has 8 heteroatoms. The summed E-state index contributed by atoms with van der Waals surface area (Å²) < 4.78 is 26.0. The van der Waals surface area contributed by atoms with E-state index >= 15 is 0 Å². The summed E-state index contributed by atoms with van der Waals surface area (Å²) in [6.07, 6.45) is 1.06. The summed E-state index contributed by atoms with van der Waals surface area (Å²) in [5, 5.41) is 9.57. The van der Waals surface area contributed by atoms with Gasteiger partial charge in [-0.05, 0) is 12.3 Å². The number of thiazole rings is 1. The Morgan fingerprint density at radius 3 is 2.71 bits per heavy atom. The Hall–Kier alpha value is -0.210. The van der Waals surface area contributed by atoms with Crippen LogP contribution in [0, 0.1) is 5.92 Å². The second-order valence-electron chi connectivity index (χ2n) is 4.07. The first-order valence-electron chi connectivity index (χ1n) is 5.10. The Morgan fingerprint density at radius 1 is 1.59 bits per heavy atom. The fourth-order valence-electron chi connectivity index (χ4n) is 1.27. The molecule has 17 heavy (non-hydrogen) atoms. The number of rotatable bonds is 6. The zero-order valence-corrected chi connectivity index (χ0v) is 11.9. The number of aliphatic hydroxyl groups is 1. The third-order valence-electron chi connectivity index (χ3n) is 1.97. The highest BCUT2D eigenvalue weighted by Crippen LogP contribution is 2.22. The average Bonchev–Trinajstić information content (AvgIpc) is 2.62. The first kappa shape index (κ1) is 14.8. The second kappa shape index (κ2) is 6.10. The molecule has 1 heterocycles. The zero-order chi connectivity index (χ0) is 13.1. The van der Waals surface area contributed by atoms with Gasteiger partial charge in [0.2, 0.25) is 0 Å². The van der Waals surface area contributed by atoms with E-state index in [2.05, 4.69) is 9.71 Å². The molecule has 0 amide bonds. The molecule has 1 aromatic rings. The van der Waals surface area contributed by atoms with Crippen LogP contribution >= 0.6 is 22.9 Å². The largest absolute Gasteiger partial charge is 0.392 e. The standard InChI is InChI=1S/C9H15ClN2O3S2/c1-6(2)3-7(13)4-12-17(14,15)8-5-11-9(10)16-8/h5-7,12-13H,3-4H2,1-2H3. The van der Waals surface area contributed by atoms with Crippen molar-refractivity contribution in [3.8, 4) is 0 Å². The third-order valence-corrected chi connectivity index (χ3v) is 4.97. The molecule has 98 valence electrons. The molecule has 1 atom stereocenters. The first-order valence-corrected chi connectivity index (χ1v) is 7.78. The molecule has 0 aromatic carbocycles. The minimum atomic E-state index is -3.61. The van der Waals surface area contributed by atoms with Gasteiger partial charge in [0, 0.05) is 6.54 Å². The van der Waals surface area contributed by atoms with Crippen LogP contribution in [-0.2, 0) is 10.0 Å². The topological polar surface area (TPSA) is 79.3 Å². The van der Waals surface area contributed by atoms with Crippen molar-refractivity contribution in [2.24, 2.45) is 5.92 Å². The lowest BCUT2D eigenvalue weighted by atomic mass is 10.1. The van der Waals surface area contributed by atoms with Crippen LogP contribution in [0.3, 0.4) is 0 Å². The molecule has 1 aromatic heterocycles. The molecule has 1 unspecified atom stereocenters. The summed E-state index contributed by atoms with van der Waals surface area (Å²) in [6, 6.07) is 0. The quantitative estimate of drug-likeness (QED) is 0.834. The number of sulfonamides is 1. The molecule has 0 saturated heterocycles. The summed E-state index contributed by atoms with van der Waals surface area (Å²) in [6.45, 7) is 3.91. The van der Waals surface area contributed by atoms with Crippen LogP contribution < -0.4 is 4.72 Å². The molecule has 0 spiro atoms. The van der Waals surface area contributed by atoms with Crippen molar-refractivity contribution in [3.05, 3.63) is 10.7 Å². The molecule has 0 saturated carbocycles. The van der Waals surface area contributed by atoms with Crippen molar-refractivity contribution in [3.63, 3.8) is 0 Å². The van der Waals surface area contributed by atoms with Crippen LogP contribution in [0.1, 0.15) is 20.3 Å². The predicted octanol–water partition coefficient (Wildman–Crippen LogP) is 1.48. The van der Waals surface area contributed by atoms with Gasteiger partial charge in [0.1, 0.15) is 0 Å². The maximum Gasteiger partial charge on any atom is 0.251 e. The van der Waals surface area contributed by atoms with Gasteiger partial charge >= 0.3 is 0 Å². The fourth-order valence-corrected chi connectivity index (χ4v) is 3.68. The van der Waals surface area contributed by atoms with E-state index in [1.54, 1.807) is 0 Å². The second-order valence-corrected chi connectivity index (χ2v) is 7.67. The van der Waals surface area contributed by atoms with Crippen LogP contribution in [0.5, 0.6) is 0 Å². The highest BCUT2D eigenvalue weighted by Gasteiger charge is 2.19. The smallest absolute Gasteiger partial charge is 0.251 e. The van der Waals surface area contributed by atoms with Crippen molar-refractivity contribution in [1.82, 2.24) is 9.71 Å². The molecule has 5 nitrogen and oxygen atoms in total. The minimum absolute atomic E-state index is 0.00394. The van der Waals surface area contributed by atoms with Gasteiger partial charge in [0.15, 0.2) is 8.68 Å². The normalized spacial score (nSPS) is 14.2. The number of aromatic nitrogens is 1. The van der Waals surface area contributed by atoms with E-state index in [1.165, 1.54) is 6.20 Å². The average molecular weight is 299 g/mol. The molecular weight excluding hydrogens is 284 g/mol. The maximum absolute atomic E-state index is 11.7. The van der Waals surface area contributed by atoms with E-state index in [4.69, 9.17) is 11.6 Å². The Bertz CT molecular complexity index is 459. The van der Waals surface area contributed by atoms with Crippen molar-refractivity contribution in [2.45, 2.75) is 30.6 Å². The van der Waals surface area contributed by atoms with E-state index in [0.717, 1.165) is 11.3 Å². The SMILES string of the molecule is CC(C)CC(O)CNS(=O)(=O)c1cnc(Cl)s1. The van der Waals surface area contributed by atoms with Crippen molar-refractivity contribution < 1.29 is 13.5 Å². The molecule has 0 aliphatic rings. The van der Waals surface area contributed by atoms with Crippen LogP contribution in [-0.4, -0.2) is 31.2 Å². The molecule has 0 aliphatic heterocycles. The Balaban J connectivity index is 2.56. The lowest BCUT2D eigenvalue weighted by Gasteiger charge is -2.13. The Kier molecular flexibility index (Phi) is 5.33. The number of aliphatic hydroxyl groups excluding tert-OH is 1. The van der Waals surface area contributed by atoms with Gasteiger partial charge in [-0.15, -0.1) is 0 Å². The van der Waals surface area contributed by atoms with Crippen molar-refractivity contribution in [1.29, 1.82) is 0 Å². The number of nitrogens with one attached hydrogen (secondary N) is 1. The molecule has 0 aliphatic carbocycles. The monoisotopic (exact) mass is 298 g/mol. The minimum Gasteiger partial charge on any atom is -0.392 e. The third kappa shape index (κ3) is 4.89. The Labute approximate surface area is 110 Å². The lowest BCUT2D eigenvalue weighted by molar-refractivity contribution is 0.152. The van der Waals surface area contributed by atoms with Gasteiger partial charge in [-0.1, -0.05) is 36.8 Å². The maximum atomic E-state index is 11.7. The number of hydrogen-bond donors (Lipinski definition) is 2. The van der Waals surface area contributed by atoms with Crippen molar-refractivity contribution in [2.75, 3.05) is 6.54 Å². The summed E-state index contributed by atoms with van der Waals surface area (Å²) in [7, 11) is -3.61. The fraction of sp³-hybridized carbons (Fsp3) is 0.667. The molecule has 0 radical (unpaired) electrons. The number of nitrogens with zero attached hydrogens (tertiary/aromatic N) is 1. The van der Waals surface area contributed by atoms with Crippen molar-refractivity contribution >= 4 is 33.0 Å². The number of halogens is 1. The van der Waals surface area contributed by atoms with Gasteiger partial charge < -0.3 is 5.11 Å². The van der Waals surface area contributed by atoms with Gasteiger partial charge in [0.25, 0.3) is 10.0 Å². The molecule has 0 bridgehead atoms. The molecule has 1 rings (SSSR count). The predicted molar refractivity (Wildman–Crippen MR) is 67.8 cm³/mol. The van der Waals surface area contributed by atoms with Crippen LogP contribution in [0.4, 0.5) is 0 Å². The van der Waals surface area contributed by atoms with Gasteiger partial charge in [-0.2, -0.15) is 0 Å². The highest BCUT2D eigenvalue weighted by molar-refractivity contribution is 7.91. The lowest BCUT2D eigenvalue weighted by Crippen LogP contribution is -2.32. The van der Waals surface area contributed by atoms with E-state index in [-0.39, 0.29) is 15.2 Å². The van der Waals surface area contributed by atoms with E-state index in [9.17, 15) is 13.5 Å². The molecular formula is C9H15ClN2O3S2. The molecule has 2 N–H and O–H groups in total. The summed E-state index contributed by atoms with van der Waals surface area (Å²) in [5.74, 6) is 0.312. The first-order chi connectivity index (χ1) is 7.81. The van der Waals surface area contributed by atoms with Crippen LogP contribution in [0.25, 0.3) is 0 Å². The van der Waals surface area contributed by atoms with E-state index in [1.807, 2.05) is 13.8 Å². The summed E-state index contributed by atoms with van der Waals surface area (Å²) in [5.41, 5.74) is 0. The summed E-state index contributed by atoms with van der Waals surface area (Å²) >= 11 is 6.45. The highest BCUT2D eigenvalue weighted by atomic mass is 35.5. The zero-order valence-electron chi connectivity index (χ0n) is 9.55. The van der Waals surface area contributed by atoms with E-state index < -0.39 is 16.1 Å². The van der Waals surface area contributed by atoms with Crippen LogP contribution in [0.2, 0.25) is 4.47 Å².